The average molecular weight is 568 g/mol. The van der Waals surface area contributed by atoms with Crippen LogP contribution in [0.1, 0.15) is 39.9 Å². The van der Waals surface area contributed by atoms with Crippen molar-refractivity contribution < 1.29 is 9.53 Å². The Hall–Kier alpha value is -1.24. The van der Waals surface area contributed by atoms with Crippen molar-refractivity contribution in [3.63, 3.8) is 0 Å². The lowest BCUT2D eigenvalue weighted by molar-refractivity contribution is 0.0914. The van der Waals surface area contributed by atoms with Gasteiger partial charge in [-0.25, -0.2) is 4.79 Å². The normalized spacial score (nSPS) is 14.6. The second-order valence-electron chi connectivity index (χ2n) is 7.62. The van der Waals surface area contributed by atoms with Gasteiger partial charge in [0.2, 0.25) is 0 Å². The maximum Gasteiger partial charge on any atom is 0.409 e. The molecular formula is C20H38IN7O2S. The zero-order valence-corrected chi connectivity index (χ0v) is 22.6. The highest BCUT2D eigenvalue weighted by atomic mass is 127. The molecule has 0 aliphatic carbocycles. The first-order valence-corrected chi connectivity index (χ1v) is 12.1. The lowest BCUT2D eigenvalue weighted by atomic mass is 10.2. The zero-order valence-electron chi connectivity index (χ0n) is 19.5. The number of rotatable bonds is 9. The topological polar surface area (TPSA) is 87.9 Å². The van der Waals surface area contributed by atoms with Crippen LogP contribution >= 0.6 is 35.7 Å². The molecule has 1 saturated heterocycles. The minimum Gasteiger partial charge on any atom is -0.450 e. The molecule has 1 aliphatic heterocycles. The van der Waals surface area contributed by atoms with Gasteiger partial charge >= 0.3 is 6.09 Å². The molecule has 0 saturated carbocycles. The van der Waals surface area contributed by atoms with Crippen molar-refractivity contribution in [1.82, 2.24) is 29.9 Å². The minimum atomic E-state index is -0.228. The van der Waals surface area contributed by atoms with Gasteiger partial charge in [-0.3, -0.25) is 4.99 Å². The fraction of sp³-hybridized carbons (Fsp3) is 0.800. The number of aromatic nitrogens is 3. The van der Waals surface area contributed by atoms with E-state index in [1.165, 1.54) is 0 Å². The van der Waals surface area contributed by atoms with Gasteiger partial charge in [-0.05, 0) is 32.4 Å². The summed E-state index contributed by atoms with van der Waals surface area (Å²) in [6, 6.07) is 0. The summed E-state index contributed by atoms with van der Waals surface area (Å²) in [6.07, 6.45) is 3.59. The van der Waals surface area contributed by atoms with Crippen LogP contribution in [0.5, 0.6) is 0 Å². The van der Waals surface area contributed by atoms with E-state index in [2.05, 4.69) is 45.8 Å². The number of piperazine rings is 1. The van der Waals surface area contributed by atoms with Crippen molar-refractivity contribution in [2.75, 3.05) is 52.1 Å². The second-order valence-corrected chi connectivity index (χ2v) is 8.39. The number of hydrogen-bond acceptors (Lipinski definition) is 6. The maximum atomic E-state index is 11.9. The Morgan fingerprint density at radius 3 is 2.45 bits per heavy atom. The van der Waals surface area contributed by atoms with Gasteiger partial charge in [0, 0.05) is 52.2 Å². The smallest absolute Gasteiger partial charge is 0.409 e. The van der Waals surface area contributed by atoms with E-state index >= 15 is 0 Å². The van der Waals surface area contributed by atoms with E-state index in [-0.39, 0.29) is 30.1 Å². The van der Waals surface area contributed by atoms with Crippen molar-refractivity contribution in [2.45, 2.75) is 52.2 Å². The summed E-state index contributed by atoms with van der Waals surface area (Å²) < 4.78 is 7.33. The molecule has 9 nitrogen and oxygen atoms in total. The molecular weight excluding hydrogens is 529 g/mol. The molecule has 11 heteroatoms. The molecule has 0 unspecified atom stereocenters. The maximum absolute atomic E-state index is 11.9. The summed E-state index contributed by atoms with van der Waals surface area (Å²) in [5, 5.41) is 13.1. The third-order valence-corrected chi connectivity index (χ3v) is 5.45. The predicted molar refractivity (Wildman–Crippen MR) is 137 cm³/mol. The van der Waals surface area contributed by atoms with E-state index in [1.807, 2.05) is 13.2 Å². The summed E-state index contributed by atoms with van der Waals surface area (Å²) in [5.41, 5.74) is 0. The Bertz CT molecular complexity index is 691. The SMILES string of the molecule is CCNC(=NCCCc1nnc(SC)n1CC(C)C)N1CCN(C(=O)OCC)CC1.I. The zero-order chi connectivity index (χ0) is 21.9. The molecule has 1 aliphatic rings. The van der Waals surface area contributed by atoms with Crippen molar-refractivity contribution in [3.05, 3.63) is 5.82 Å². The molecule has 1 fully saturated rings. The molecule has 1 N–H and O–H groups in total. The van der Waals surface area contributed by atoms with Crippen LogP contribution in [0.25, 0.3) is 0 Å². The number of hydrogen-bond donors (Lipinski definition) is 1. The molecule has 2 heterocycles. The highest BCUT2D eigenvalue weighted by Gasteiger charge is 2.23. The third-order valence-electron chi connectivity index (χ3n) is 4.78. The highest BCUT2D eigenvalue weighted by molar-refractivity contribution is 14.0. The molecule has 0 atom stereocenters. The molecule has 2 rings (SSSR count). The Kier molecular flexibility index (Phi) is 13.2. The van der Waals surface area contributed by atoms with Gasteiger partial charge in [0.1, 0.15) is 5.82 Å². The van der Waals surface area contributed by atoms with Crippen molar-refractivity contribution in [2.24, 2.45) is 10.9 Å². The number of nitrogens with zero attached hydrogens (tertiary/aromatic N) is 6. The van der Waals surface area contributed by atoms with Gasteiger partial charge in [-0.15, -0.1) is 34.2 Å². The van der Waals surface area contributed by atoms with Crippen LogP contribution in [-0.4, -0.2) is 88.7 Å². The summed E-state index contributed by atoms with van der Waals surface area (Å²) >= 11 is 1.64. The van der Waals surface area contributed by atoms with Gasteiger partial charge in [-0.2, -0.15) is 0 Å². The highest BCUT2D eigenvalue weighted by Crippen LogP contribution is 2.16. The minimum absolute atomic E-state index is 0. The summed E-state index contributed by atoms with van der Waals surface area (Å²) in [5.74, 6) is 2.50. The molecule has 0 aromatic carbocycles. The van der Waals surface area contributed by atoms with Crippen molar-refractivity contribution >= 4 is 47.8 Å². The first-order chi connectivity index (χ1) is 14.5. The van der Waals surface area contributed by atoms with Gasteiger partial charge in [0.15, 0.2) is 11.1 Å². The Labute approximate surface area is 207 Å². The number of halogens is 1. The van der Waals surface area contributed by atoms with Gasteiger partial charge in [0.05, 0.1) is 6.61 Å². The summed E-state index contributed by atoms with van der Waals surface area (Å²) in [6.45, 7) is 14.0. The van der Waals surface area contributed by atoms with E-state index in [4.69, 9.17) is 9.73 Å². The monoisotopic (exact) mass is 567 g/mol. The van der Waals surface area contributed by atoms with Gasteiger partial charge < -0.3 is 24.4 Å². The number of amides is 1. The van der Waals surface area contributed by atoms with E-state index in [9.17, 15) is 4.79 Å². The summed E-state index contributed by atoms with van der Waals surface area (Å²) in [4.78, 5) is 20.7. The Morgan fingerprint density at radius 1 is 1.19 bits per heavy atom. The number of aryl methyl sites for hydroxylation is 1. The number of aliphatic imine (C=N–C) groups is 1. The van der Waals surface area contributed by atoms with E-state index in [0.29, 0.717) is 25.6 Å². The van der Waals surface area contributed by atoms with E-state index in [0.717, 1.165) is 62.5 Å². The van der Waals surface area contributed by atoms with Crippen LogP contribution in [-0.2, 0) is 17.7 Å². The predicted octanol–water partition coefficient (Wildman–Crippen LogP) is 2.95. The van der Waals surface area contributed by atoms with Crippen LogP contribution in [0.2, 0.25) is 0 Å². The van der Waals surface area contributed by atoms with Crippen LogP contribution < -0.4 is 5.32 Å². The number of carbonyl (C=O) groups excluding carboxylic acids is 1. The molecule has 0 radical (unpaired) electrons. The molecule has 0 spiro atoms. The molecule has 0 bridgehead atoms. The lowest BCUT2D eigenvalue weighted by Crippen LogP contribution is -2.53. The van der Waals surface area contributed by atoms with Crippen molar-refractivity contribution in [3.8, 4) is 0 Å². The van der Waals surface area contributed by atoms with Gasteiger partial charge in [0.25, 0.3) is 0 Å². The fourth-order valence-corrected chi connectivity index (χ4v) is 3.89. The number of thioether (sulfide) groups is 1. The van der Waals surface area contributed by atoms with Crippen LogP contribution in [0.15, 0.2) is 10.1 Å². The first kappa shape index (κ1) is 27.8. The number of nitrogens with one attached hydrogen (secondary N) is 1. The lowest BCUT2D eigenvalue weighted by Gasteiger charge is -2.35. The van der Waals surface area contributed by atoms with Gasteiger partial charge in [-0.1, -0.05) is 25.6 Å². The standard InChI is InChI=1S/C20H37N7O2S.HI/c1-6-21-18(25-11-13-26(14-12-25)20(28)29-7-2)22-10-8-9-17-23-24-19(30-5)27(17)15-16(3)4;/h16H,6-15H2,1-5H3,(H,21,22);1H. The number of guanidine groups is 1. The van der Waals surface area contributed by atoms with Crippen LogP contribution in [0, 0.1) is 5.92 Å². The molecule has 1 aromatic rings. The quantitative estimate of drug-likeness (QED) is 0.162. The third kappa shape index (κ3) is 8.66. The van der Waals surface area contributed by atoms with Crippen LogP contribution in [0.4, 0.5) is 4.79 Å². The fourth-order valence-electron chi connectivity index (χ4n) is 3.37. The molecule has 178 valence electrons. The second kappa shape index (κ2) is 14.8. The average Bonchev–Trinajstić information content (AvgIpc) is 3.11. The molecule has 31 heavy (non-hydrogen) atoms. The largest absolute Gasteiger partial charge is 0.450 e. The first-order valence-electron chi connectivity index (χ1n) is 10.9. The molecule has 1 aromatic heterocycles. The number of carbonyl (C=O) groups is 1. The summed E-state index contributed by atoms with van der Waals surface area (Å²) in [7, 11) is 0. The van der Waals surface area contributed by atoms with E-state index in [1.54, 1.807) is 16.7 Å². The van der Waals surface area contributed by atoms with E-state index < -0.39 is 0 Å². The molecule has 1 amide bonds. The van der Waals surface area contributed by atoms with Crippen molar-refractivity contribution in [1.29, 1.82) is 0 Å². The Morgan fingerprint density at radius 2 is 1.87 bits per heavy atom. The van der Waals surface area contributed by atoms with Crippen LogP contribution in [0.3, 0.4) is 0 Å². The number of ether oxygens (including phenoxy) is 1. The Balaban J connectivity index is 0.00000480.